The van der Waals surface area contributed by atoms with Gasteiger partial charge < -0.3 is 39.4 Å². The number of fused-ring (bicyclic) bond motifs is 8. The Balaban J connectivity index is 1.03. The molecule has 0 unspecified atom stereocenters. The number of hydrogen-bond acceptors (Lipinski definition) is 12. The number of ether oxygens (including phenoxy) is 2. The summed E-state index contributed by atoms with van der Waals surface area (Å²) in [6, 6.07) is 8.51. The van der Waals surface area contributed by atoms with E-state index in [-0.39, 0.29) is 48.4 Å². The number of methoxy groups -OCH3 is 1. The number of amides is 5. The molecule has 3 saturated heterocycles. The first-order chi connectivity index (χ1) is 33.4. The summed E-state index contributed by atoms with van der Waals surface area (Å²) in [5, 5.41) is 11.6. The number of rotatable bonds is 11. The van der Waals surface area contributed by atoms with Gasteiger partial charge in [0, 0.05) is 105 Å². The molecule has 4 aromatic rings. The molecule has 5 amide bonds. The second kappa shape index (κ2) is 19.6. The number of carbonyl (C=O) groups is 5. The zero-order valence-electron chi connectivity index (χ0n) is 42.2. The number of thiazole rings is 1. The molecule has 5 aliphatic rings. The van der Waals surface area contributed by atoms with Crippen LogP contribution in [0, 0.1) is 17.3 Å². The Morgan fingerprint density at radius 2 is 1.83 bits per heavy atom. The van der Waals surface area contributed by atoms with Crippen molar-refractivity contribution in [2.45, 2.75) is 122 Å². The molecule has 0 radical (unpaired) electrons. The van der Waals surface area contributed by atoms with E-state index in [0.29, 0.717) is 63.4 Å². The van der Waals surface area contributed by atoms with Gasteiger partial charge in [0.2, 0.25) is 11.8 Å². The zero-order valence-corrected chi connectivity index (χ0v) is 43.0. The third-order valence-electron chi connectivity index (χ3n) is 15.2. The number of pyridine rings is 1. The molecule has 3 N–H and O–H groups in total. The van der Waals surface area contributed by atoms with Crippen LogP contribution in [0.2, 0.25) is 0 Å². The first kappa shape index (κ1) is 49.5. The average Bonchev–Trinajstić information content (AvgIpc) is 4.26. The van der Waals surface area contributed by atoms with Crippen LogP contribution in [0.15, 0.2) is 41.9 Å². The molecule has 70 heavy (non-hydrogen) atoms. The second-order valence-corrected chi connectivity index (χ2v) is 22.2. The summed E-state index contributed by atoms with van der Waals surface area (Å²) < 4.78 is 14.3. The minimum absolute atomic E-state index is 0.0792. The minimum atomic E-state index is -1.38. The Bertz CT molecular complexity index is 2650. The van der Waals surface area contributed by atoms with Crippen LogP contribution >= 0.6 is 11.3 Å². The highest BCUT2D eigenvalue weighted by atomic mass is 32.1. The number of hydrogen-bond donors (Lipinski definition) is 3. The van der Waals surface area contributed by atoms with Crippen molar-refractivity contribution in [1.29, 1.82) is 0 Å². The van der Waals surface area contributed by atoms with Gasteiger partial charge in [-0.15, -0.1) is 11.3 Å². The number of aryl methyl sites for hydroxylation is 1. The number of nitrogens with zero attached hydrogens (tertiary/aromatic N) is 7. The summed E-state index contributed by atoms with van der Waals surface area (Å²) in [6.45, 7) is 15.7. The standard InChI is InChI=1S/C52H70N10O7S/c1-10-61-41-16-15-33-23-35(41)36(44(61)34-13-11-19-53-42(34)31(4)68-9)24-51(5,6)29-69-48(65)38-14-12-20-62(57-38)49(66)52(25-37(52)46-55-40(33)28-70-46)56-45(63)43(30(2)3)59(8)50(67)60-21-17-32(18-22-60)27-58(7)47(64)39-26-54-39/h11,13,15-16,19,23,28,30-32,37-39,43,54,57H,10,12,14,17-18,20-22,24-27,29H2,1-9H3,(H,56,63)/t31-,37+,38-,39+,43-,52+/m0/s1. The third-order valence-corrected chi connectivity index (χ3v) is 16.2. The number of esters is 1. The zero-order chi connectivity index (χ0) is 49.8. The summed E-state index contributed by atoms with van der Waals surface area (Å²) in [6.07, 6.45) is 4.96. The van der Waals surface area contributed by atoms with Crippen molar-refractivity contribution in [3.63, 3.8) is 0 Å². The summed E-state index contributed by atoms with van der Waals surface area (Å²) in [7, 11) is 5.19. The summed E-state index contributed by atoms with van der Waals surface area (Å²) in [4.78, 5) is 85.8. The number of likely N-dealkylation sites (N-methyl/N-ethyl adjacent to an activating group) is 2. The van der Waals surface area contributed by atoms with Crippen molar-refractivity contribution in [2.24, 2.45) is 17.3 Å². The number of aromatic nitrogens is 3. The van der Waals surface area contributed by atoms with E-state index in [1.807, 2.05) is 39.3 Å². The van der Waals surface area contributed by atoms with Gasteiger partial charge in [0.1, 0.15) is 17.6 Å². The Morgan fingerprint density at radius 1 is 1.07 bits per heavy atom. The Labute approximate surface area is 415 Å². The minimum Gasteiger partial charge on any atom is -0.464 e. The second-order valence-electron chi connectivity index (χ2n) is 21.3. The van der Waals surface area contributed by atoms with Crippen LogP contribution < -0.4 is 16.1 Å². The molecular formula is C52H70N10O7S. The smallest absolute Gasteiger partial charge is 0.324 e. The molecule has 3 aromatic heterocycles. The van der Waals surface area contributed by atoms with Crippen molar-refractivity contribution in [3.8, 4) is 22.5 Å². The predicted octanol–water partition coefficient (Wildman–Crippen LogP) is 5.74. The largest absolute Gasteiger partial charge is 0.464 e. The van der Waals surface area contributed by atoms with E-state index in [0.717, 1.165) is 64.1 Å². The van der Waals surface area contributed by atoms with E-state index in [4.69, 9.17) is 19.4 Å². The molecule has 6 bridgehead atoms. The maximum Gasteiger partial charge on any atom is 0.324 e. The lowest BCUT2D eigenvalue weighted by Gasteiger charge is -2.39. The number of nitrogens with one attached hydrogen (secondary N) is 3. The first-order valence-corrected chi connectivity index (χ1v) is 26.0. The number of piperidine rings is 1. The molecule has 18 heteroatoms. The van der Waals surface area contributed by atoms with E-state index in [9.17, 15) is 19.2 Å². The van der Waals surface area contributed by atoms with Crippen LogP contribution in [0.5, 0.6) is 0 Å². The molecule has 1 aliphatic carbocycles. The van der Waals surface area contributed by atoms with Gasteiger partial charge in [0.15, 0.2) is 0 Å². The van der Waals surface area contributed by atoms with Gasteiger partial charge in [-0.3, -0.25) is 29.2 Å². The highest BCUT2D eigenvalue weighted by Gasteiger charge is 2.65. The van der Waals surface area contributed by atoms with Gasteiger partial charge in [-0.25, -0.2) is 15.2 Å². The topological polar surface area (TPSA) is 193 Å². The molecule has 9 rings (SSSR count). The summed E-state index contributed by atoms with van der Waals surface area (Å²) in [5.41, 5.74) is 8.05. The normalized spacial score (nSPS) is 24.3. The van der Waals surface area contributed by atoms with Crippen molar-refractivity contribution in [2.75, 3.05) is 60.5 Å². The lowest BCUT2D eigenvalue weighted by Crippen LogP contribution is -2.63. The summed E-state index contributed by atoms with van der Waals surface area (Å²) in [5.74, 6) is -1.58. The molecule has 376 valence electrons. The van der Waals surface area contributed by atoms with Crippen LogP contribution in [-0.2, 0) is 41.6 Å². The van der Waals surface area contributed by atoms with Crippen LogP contribution in [0.1, 0.15) is 102 Å². The molecule has 6 atom stereocenters. The van der Waals surface area contributed by atoms with Crippen molar-refractivity contribution in [3.05, 3.63) is 58.2 Å². The van der Waals surface area contributed by atoms with Crippen molar-refractivity contribution >= 4 is 52.0 Å². The molecule has 4 fully saturated rings. The van der Waals surface area contributed by atoms with Crippen LogP contribution in [-0.4, -0.2) is 148 Å². The van der Waals surface area contributed by atoms with Crippen LogP contribution in [0.3, 0.4) is 0 Å². The molecule has 1 aromatic carbocycles. The number of cyclic esters (lactones) is 1. The summed E-state index contributed by atoms with van der Waals surface area (Å²) >= 11 is 1.46. The molecule has 17 nitrogen and oxygen atoms in total. The lowest BCUT2D eigenvalue weighted by molar-refractivity contribution is -0.156. The number of likely N-dealkylation sites (tertiary alicyclic amines) is 1. The fourth-order valence-electron chi connectivity index (χ4n) is 11.1. The van der Waals surface area contributed by atoms with Gasteiger partial charge >= 0.3 is 12.0 Å². The number of carbonyl (C=O) groups excluding carboxylic acids is 5. The highest BCUT2D eigenvalue weighted by molar-refractivity contribution is 7.10. The lowest BCUT2D eigenvalue weighted by atomic mass is 9.84. The van der Waals surface area contributed by atoms with Gasteiger partial charge in [-0.2, -0.15) is 0 Å². The van der Waals surface area contributed by atoms with Gasteiger partial charge in [-0.1, -0.05) is 33.8 Å². The molecule has 0 spiro atoms. The first-order valence-electron chi connectivity index (χ1n) is 25.1. The van der Waals surface area contributed by atoms with Crippen molar-refractivity contribution in [1.82, 2.24) is 50.3 Å². The van der Waals surface area contributed by atoms with Gasteiger partial charge in [0.25, 0.3) is 5.91 Å². The number of hydrazine groups is 1. The fraction of sp³-hybridized carbons (Fsp3) is 0.596. The quantitative estimate of drug-likeness (QED) is 0.123. The van der Waals surface area contributed by atoms with E-state index in [2.05, 4.69) is 65.7 Å². The van der Waals surface area contributed by atoms with E-state index >= 15 is 4.79 Å². The third kappa shape index (κ3) is 9.55. The monoisotopic (exact) mass is 979 g/mol. The Kier molecular flexibility index (Phi) is 13.9. The SMILES string of the molecule is CCn1c(-c2cccnc2[C@H](C)OC)c2c3cc(ccc31)-c1csc(n1)[C@H]1C[C@]1(NC(=O)[C@H](C(C)C)N(C)C(=O)N1CCC(CN(C)C(=O)[C@H]3CN3)CC1)C(=O)N1CCC[C@H](N1)C(=O)OCC(C)(C)C2. The van der Waals surface area contributed by atoms with Crippen LogP contribution in [0.4, 0.5) is 4.79 Å². The van der Waals surface area contributed by atoms with Crippen molar-refractivity contribution < 1.29 is 33.4 Å². The molecule has 4 aliphatic heterocycles. The molecule has 1 saturated carbocycles. The van der Waals surface area contributed by atoms with Gasteiger partial charge in [0.05, 0.1) is 40.8 Å². The predicted molar refractivity (Wildman–Crippen MR) is 267 cm³/mol. The van der Waals surface area contributed by atoms with E-state index in [1.54, 1.807) is 30.2 Å². The molecule has 7 heterocycles. The highest BCUT2D eigenvalue weighted by Crippen LogP contribution is 2.54. The molecular weight excluding hydrogens is 909 g/mol. The number of benzene rings is 1. The fourth-order valence-corrected chi connectivity index (χ4v) is 12.1. The van der Waals surface area contributed by atoms with E-state index < -0.39 is 40.8 Å². The average molecular weight is 979 g/mol. The Morgan fingerprint density at radius 3 is 2.53 bits per heavy atom. The number of urea groups is 1. The maximum atomic E-state index is 15.1. The van der Waals surface area contributed by atoms with Crippen LogP contribution in [0.25, 0.3) is 33.4 Å². The van der Waals surface area contributed by atoms with Gasteiger partial charge in [-0.05, 0) is 94.0 Å². The Hall–Kier alpha value is -5.43. The van der Waals surface area contributed by atoms with E-state index in [1.165, 1.54) is 21.2 Å². The maximum absolute atomic E-state index is 15.1.